The largest absolute Gasteiger partial charge is 0.313 e. The van der Waals surface area contributed by atoms with Gasteiger partial charge in [0.05, 0.1) is 11.7 Å². The Kier molecular flexibility index (Phi) is 5.44. The van der Waals surface area contributed by atoms with E-state index in [2.05, 4.69) is 37.0 Å². The molecule has 0 aliphatic heterocycles. The molecular weight excluding hydrogens is 234 g/mol. The Bertz CT molecular complexity index is 375. The van der Waals surface area contributed by atoms with Gasteiger partial charge in [-0.15, -0.1) is 0 Å². The molecule has 0 unspecified atom stereocenters. The third-order valence-electron chi connectivity index (χ3n) is 4.53. The van der Waals surface area contributed by atoms with Crippen molar-refractivity contribution >= 4 is 0 Å². The van der Waals surface area contributed by atoms with E-state index in [1.165, 1.54) is 49.8 Å². The minimum Gasteiger partial charge on any atom is -0.313 e. The molecule has 1 fully saturated rings. The standard InChI is InChI=1S/C16H29N3/c1-4-10-17-11-15-12-19(18-13(15)3)16-8-6-14(5-2)7-9-16/h12,14,16-17H,4-11H2,1-3H3. The highest BCUT2D eigenvalue weighted by atomic mass is 15.3. The van der Waals surface area contributed by atoms with Gasteiger partial charge < -0.3 is 5.32 Å². The van der Waals surface area contributed by atoms with Crippen LogP contribution in [0.1, 0.15) is 69.7 Å². The van der Waals surface area contributed by atoms with Crippen LogP contribution in [0.4, 0.5) is 0 Å². The SMILES string of the molecule is CCCNCc1cn(C2CCC(CC)CC2)nc1C. The van der Waals surface area contributed by atoms with Crippen LogP contribution in [-0.2, 0) is 6.54 Å². The summed E-state index contributed by atoms with van der Waals surface area (Å²) < 4.78 is 2.24. The van der Waals surface area contributed by atoms with Crippen molar-refractivity contribution in [1.29, 1.82) is 0 Å². The lowest BCUT2D eigenvalue weighted by Gasteiger charge is -2.27. The summed E-state index contributed by atoms with van der Waals surface area (Å²) in [5, 5.41) is 8.21. The van der Waals surface area contributed by atoms with Crippen molar-refractivity contribution in [2.75, 3.05) is 6.54 Å². The molecule has 0 atom stereocenters. The van der Waals surface area contributed by atoms with Crippen LogP contribution in [0.3, 0.4) is 0 Å². The molecular formula is C16H29N3. The molecule has 0 amide bonds. The summed E-state index contributed by atoms with van der Waals surface area (Å²) in [6, 6.07) is 0.640. The van der Waals surface area contributed by atoms with Crippen LogP contribution in [0, 0.1) is 12.8 Å². The van der Waals surface area contributed by atoms with Gasteiger partial charge in [0.15, 0.2) is 0 Å². The number of nitrogens with one attached hydrogen (secondary N) is 1. The third kappa shape index (κ3) is 3.82. The summed E-state index contributed by atoms with van der Waals surface area (Å²) in [5.74, 6) is 0.957. The fourth-order valence-electron chi connectivity index (χ4n) is 3.10. The molecule has 1 aliphatic carbocycles. The van der Waals surface area contributed by atoms with Crippen molar-refractivity contribution in [3.8, 4) is 0 Å². The molecule has 1 saturated carbocycles. The maximum Gasteiger partial charge on any atom is 0.0638 e. The van der Waals surface area contributed by atoms with Crippen LogP contribution in [0.25, 0.3) is 0 Å². The van der Waals surface area contributed by atoms with Crippen molar-refractivity contribution in [3.63, 3.8) is 0 Å². The van der Waals surface area contributed by atoms with Crippen molar-refractivity contribution in [1.82, 2.24) is 15.1 Å². The van der Waals surface area contributed by atoms with E-state index in [0.717, 1.165) is 19.0 Å². The maximum absolute atomic E-state index is 4.74. The number of rotatable bonds is 6. The Balaban J connectivity index is 1.92. The molecule has 3 heteroatoms. The lowest BCUT2D eigenvalue weighted by Crippen LogP contribution is -2.18. The molecule has 0 saturated heterocycles. The number of aromatic nitrogens is 2. The number of nitrogens with zero attached hydrogens (tertiary/aromatic N) is 2. The summed E-state index contributed by atoms with van der Waals surface area (Å²) in [6.45, 7) is 8.71. The van der Waals surface area contributed by atoms with Crippen LogP contribution in [0.15, 0.2) is 6.20 Å². The predicted molar refractivity (Wildman–Crippen MR) is 80.2 cm³/mol. The second-order valence-corrected chi connectivity index (χ2v) is 5.98. The first-order valence-corrected chi connectivity index (χ1v) is 7.99. The van der Waals surface area contributed by atoms with Gasteiger partial charge in [0.2, 0.25) is 0 Å². The molecule has 0 radical (unpaired) electrons. The zero-order chi connectivity index (χ0) is 13.7. The lowest BCUT2D eigenvalue weighted by atomic mass is 9.85. The van der Waals surface area contributed by atoms with Crippen LogP contribution >= 0.6 is 0 Å². The van der Waals surface area contributed by atoms with Gasteiger partial charge in [-0.1, -0.05) is 20.3 Å². The van der Waals surface area contributed by atoms with E-state index in [1.54, 1.807) is 0 Å². The fraction of sp³-hybridized carbons (Fsp3) is 0.812. The Morgan fingerprint density at radius 2 is 2.00 bits per heavy atom. The van der Waals surface area contributed by atoms with Gasteiger partial charge in [0.1, 0.15) is 0 Å². The minimum absolute atomic E-state index is 0.640. The normalized spacial score (nSPS) is 23.7. The van der Waals surface area contributed by atoms with E-state index in [0.29, 0.717) is 6.04 Å². The highest BCUT2D eigenvalue weighted by Crippen LogP contribution is 2.33. The first kappa shape index (κ1) is 14.6. The number of hydrogen-bond donors (Lipinski definition) is 1. The van der Waals surface area contributed by atoms with Crippen molar-refractivity contribution in [2.45, 2.75) is 71.9 Å². The van der Waals surface area contributed by atoms with Gasteiger partial charge in [-0.2, -0.15) is 5.10 Å². The highest BCUT2D eigenvalue weighted by Gasteiger charge is 2.22. The van der Waals surface area contributed by atoms with Gasteiger partial charge in [0.25, 0.3) is 0 Å². The van der Waals surface area contributed by atoms with Gasteiger partial charge in [0, 0.05) is 18.3 Å². The van der Waals surface area contributed by atoms with Crippen LogP contribution in [-0.4, -0.2) is 16.3 Å². The van der Waals surface area contributed by atoms with E-state index in [9.17, 15) is 0 Å². The fourth-order valence-corrected chi connectivity index (χ4v) is 3.10. The van der Waals surface area contributed by atoms with Gasteiger partial charge in [-0.05, 0) is 51.5 Å². The monoisotopic (exact) mass is 263 g/mol. The molecule has 1 aromatic heterocycles. The van der Waals surface area contributed by atoms with Crippen molar-refractivity contribution in [2.24, 2.45) is 5.92 Å². The first-order chi connectivity index (χ1) is 9.24. The molecule has 108 valence electrons. The lowest BCUT2D eigenvalue weighted by molar-refractivity contribution is 0.256. The second-order valence-electron chi connectivity index (χ2n) is 5.98. The first-order valence-electron chi connectivity index (χ1n) is 7.99. The second kappa shape index (κ2) is 7.09. The molecule has 1 aliphatic rings. The molecule has 1 N–H and O–H groups in total. The molecule has 3 nitrogen and oxygen atoms in total. The molecule has 19 heavy (non-hydrogen) atoms. The van der Waals surface area contributed by atoms with E-state index >= 15 is 0 Å². The van der Waals surface area contributed by atoms with E-state index in [4.69, 9.17) is 5.10 Å². The van der Waals surface area contributed by atoms with Crippen LogP contribution in [0.2, 0.25) is 0 Å². The Morgan fingerprint density at radius 1 is 1.26 bits per heavy atom. The third-order valence-corrected chi connectivity index (χ3v) is 4.53. The summed E-state index contributed by atoms with van der Waals surface area (Å²) >= 11 is 0. The predicted octanol–water partition coefficient (Wildman–Crippen LogP) is 3.83. The Labute approximate surface area is 117 Å². The summed E-state index contributed by atoms with van der Waals surface area (Å²) in [5.41, 5.74) is 2.56. The zero-order valence-electron chi connectivity index (χ0n) is 12.8. The van der Waals surface area contributed by atoms with Crippen molar-refractivity contribution in [3.05, 3.63) is 17.5 Å². The van der Waals surface area contributed by atoms with Gasteiger partial charge in [-0.3, -0.25) is 4.68 Å². The van der Waals surface area contributed by atoms with E-state index in [-0.39, 0.29) is 0 Å². The molecule has 0 aromatic carbocycles. The van der Waals surface area contributed by atoms with Crippen molar-refractivity contribution < 1.29 is 0 Å². The Hall–Kier alpha value is -0.830. The zero-order valence-corrected chi connectivity index (χ0v) is 12.8. The average Bonchev–Trinajstić information content (AvgIpc) is 2.81. The van der Waals surface area contributed by atoms with Crippen LogP contribution < -0.4 is 5.32 Å². The smallest absolute Gasteiger partial charge is 0.0638 e. The maximum atomic E-state index is 4.74. The average molecular weight is 263 g/mol. The molecule has 0 bridgehead atoms. The van der Waals surface area contributed by atoms with Crippen LogP contribution in [0.5, 0.6) is 0 Å². The van der Waals surface area contributed by atoms with E-state index < -0.39 is 0 Å². The van der Waals surface area contributed by atoms with Gasteiger partial charge in [-0.25, -0.2) is 0 Å². The summed E-state index contributed by atoms with van der Waals surface area (Å²) in [6.07, 6.45) is 10.2. The summed E-state index contributed by atoms with van der Waals surface area (Å²) in [7, 11) is 0. The Morgan fingerprint density at radius 3 is 2.63 bits per heavy atom. The topological polar surface area (TPSA) is 29.9 Å². The minimum atomic E-state index is 0.640. The molecule has 1 heterocycles. The summed E-state index contributed by atoms with van der Waals surface area (Å²) in [4.78, 5) is 0. The molecule has 2 rings (SSSR count). The van der Waals surface area contributed by atoms with Gasteiger partial charge >= 0.3 is 0 Å². The highest BCUT2D eigenvalue weighted by molar-refractivity contribution is 5.15. The molecule has 1 aromatic rings. The number of aryl methyl sites for hydroxylation is 1. The van der Waals surface area contributed by atoms with E-state index in [1.807, 2.05) is 0 Å². The quantitative estimate of drug-likeness (QED) is 0.790. The number of hydrogen-bond acceptors (Lipinski definition) is 2. The molecule has 0 spiro atoms.